The number of hydrogen-bond donors (Lipinski definition) is 2. The molecule has 0 amide bonds. The van der Waals surface area contributed by atoms with Gasteiger partial charge in [0.25, 0.3) is 0 Å². The number of carboxylic acids is 1. The van der Waals surface area contributed by atoms with Gasteiger partial charge in [0, 0.05) is 24.1 Å². The van der Waals surface area contributed by atoms with Gasteiger partial charge in [-0.05, 0) is 25.8 Å². The van der Waals surface area contributed by atoms with Crippen molar-refractivity contribution in [3.05, 3.63) is 42.1 Å². The molecule has 0 atom stereocenters. The smallest absolute Gasteiger partial charge is 0.303 e. The van der Waals surface area contributed by atoms with Crippen molar-refractivity contribution >= 4 is 5.97 Å². The van der Waals surface area contributed by atoms with E-state index < -0.39 is 5.97 Å². The lowest BCUT2D eigenvalue weighted by Gasteiger charge is -2.16. The normalized spacial score (nSPS) is 15.0. The van der Waals surface area contributed by atoms with E-state index in [2.05, 4.69) is 39.4 Å². The lowest BCUT2D eigenvalue weighted by atomic mass is 10.1. The fourth-order valence-corrected chi connectivity index (χ4v) is 3.45. The Morgan fingerprint density at radius 2 is 2.00 bits per heavy atom. The topological polar surface area (TPSA) is 67.2 Å². The van der Waals surface area contributed by atoms with Gasteiger partial charge in [-0.3, -0.25) is 9.48 Å². The molecule has 5 nitrogen and oxygen atoms in total. The van der Waals surface area contributed by atoms with Crippen LogP contribution in [0.2, 0.25) is 0 Å². The monoisotopic (exact) mass is 327 g/mol. The molecular weight excluding hydrogens is 302 g/mol. The van der Waals surface area contributed by atoms with Crippen LogP contribution in [0.5, 0.6) is 0 Å². The Hall–Kier alpha value is -2.14. The predicted octanol–water partition coefficient (Wildman–Crippen LogP) is 3.62. The number of rotatable bonds is 8. The van der Waals surface area contributed by atoms with Crippen LogP contribution in [0, 0.1) is 0 Å². The molecule has 1 aliphatic rings. The molecule has 0 spiro atoms. The average Bonchev–Trinajstić information content (AvgIpc) is 3.24. The molecule has 1 aliphatic carbocycles. The summed E-state index contributed by atoms with van der Waals surface area (Å²) in [5, 5.41) is 16.7. The summed E-state index contributed by atoms with van der Waals surface area (Å²) in [5.74, 6) is -0.740. The number of aliphatic carboxylic acids is 1. The summed E-state index contributed by atoms with van der Waals surface area (Å²) >= 11 is 0. The Balaban J connectivity index is 1.74. The third-order valence-corrected chi connectivity index (χ3v) is 4.65. The molecule has 0 saturated heterocycles. The summed E-state index contributed by atoms with van der Waals surface area (Å²) in [6.07, 6.45) is 7.78. The lowest BCUT2D eigenvalue weighted by Crippen LogP contribution is -2.16. The zero-order chi connectivity index (χ0) is 16.8. The summed E-state index contributed by atoms with van der Waals surface area (Å²) in [5.41, 5.74) is 3.58. The van der Waals surface area contributed by atoms with Gasteiger partial charge in [-0.1, -0.05) is 43.2 Å². The second-order valence-corrected chi connectivity index (χ2v) is 6.44. The molecule has 1 saturated carbocycles. The van der Waals surface area contributed by atoms with Gasteiger partial charge in [0.05, 0.1) is 17.9 Å². The van der Waals surface area contributed by atoms with Crippen LogP contribution in [0.1, 0.15) is 50.1 Å². The molecule has 1 aromatic carbocycles. The van der Waals surface area contributed by atoms with E-state index in [0.29, 0.717) is 19.0 Å². The number of aromatic nitrogens is 2. The van der Waals surface area contributed by atoms with E-state index in [1.54, 1.807) is 0 Å². The largest absolute Gasteiger partial charge is 0.481 e. The van der Waals surface area contributed by atoms with Crippen molar-refractivity contribution in [3.8, 4) is 11.3 Å². The first kappa shape index (κ1) is 16.7. The third-order valence-electron chi connectivity index (χ3n) is 4.65. The van der Waals surface area contributed by atoms with E-state index in [1.807, 2.05) is 12.3 Å². The summed E-state index contributed by atoms with van der Waals surface area (Å²) in [4.78, 5) is 10.6. The van der Waals surface area contributed by atoms with Crippen LogP contribution in [-0.2, 0) is 11.3 Å². The number of nitrogens with one attached hydrogen (secondary N) is 1. The van der Waals surface area contributed by atoms with Crippen molar-refractivity contribution in [1.82, 2.24) is 15.1 Å². The van der Waals surface area contributed by atoms with Crippen molar-refractivity contribution < 1.29 is 9.90 Å². The van der Waals surface area contributed by atoms with Gasteiger partial charge in [-0.25, -0.2) is 0 Å². The van der Waals surface area contributed by atoms with E-state index in [0.717, 1.165) is 6.54 Å². The van der Waals surface area contributed by atoms with Crippen molar-refractivity contribution in [2.75, 3.05) is 6.54 Å². The minimum atomic E-state index is -0.740. The van der Waals surface area contributed by atoms with E-state index in [9.17, 15) is 4.79 Å². The summed E-state index contributed by atoms with van der Waals surface area (Å²) in [6.45, 7) is 1.42. The lowest BCUT2D eigenvalue weighted by molar-refractivity contribution is -0.137. The SMILES string of the molecule is O=C(O)CCCNCc1cnn(C2CCCC2)c1-c1ccccc1. The minimum Gasteiger partial charge on any atom is -0.481 e. The third kappa shape index (κ3) is 4.03. The quantitative estimate of drug-likeness (QED) is 0.727. The fraction of sp³-hybridized carbons (Fsp3) is 0.474. The van der Waals surface area contributed by atoms with E-state index in [1.165, 1.54) is 42.5 Å². The molecule has 3 rings (SSSR count). The first-order valence-corrected chi connectivity index (χ1v) is 8.80. The minimum absolute atomic E-state index is 0.208. The average molecular weight is 327 g/mol. The molecule has 5 heteroatoms. The number of carbonyl (C=O) groups is 1. The van der Waals surface area contributed by atoms with Gasteiger partial charge < -0.3 is 10.4 Å². The number of hydrogen-bond acceptors (Lipinski definition) is 3. The first-order chi connectivity index (χ1) is 11.8. The van der Waals surface area contributed by atoms with Crippen LogP contribution in [0.4, 0.5) is 0 Å². The van der Waals surface area contributed by atoms with Crippen LogP contribution in [0.25, 0.3) is 11.3 Å². The van der Waals surface area contributed by atoms with E-state index >= 15 is 0 Å². The maximum Gasteiger partial charge on any atom is 0.303 e. The summed E-state index contributed by atoms with van der Waals surface area (Å²) in [7, 11) is 0. The van der Waals surface area contributed by atoms with Gasteiger partial charge >= 0.3 is 5.97 Å². The first-order valence-electron chi connectivity index (χ1n) is 8.80. The highest BCUT2D eigenvalue weighted by Crippen LogP contribution is 2.34. The van der Waals surface area contributed by atoms with Gasteiger partial charge in [0.2, 0.25) is 0 Å². The van der Waals surface area contributed by atoms with Crippen LogP contribution in [0.3, 0.4) is 0 Å². The van der Waals surface area contributed by atoms with Gasteiger partial charge in [0.1, 0.15) is 0 Å². The molecule has 0 bridgehead atoms. The molecule has 0 radical (unpaired) electrons. The molecule has 1 fully saturated rings. The molecule has 2 aromatic rings. The second-order valence-electron chi connectivity index (χ2n) is 6.44. The highest BCUT2D eigenvalue weighted by atomic mass is 16.4. The van der Waals surface area contributed by atoms with E-state index in [-0.39, 0.29) is 6.42 Å². The number of nitrogens with zero attached hydrogens (tertiary/aromatic N) is 2. The van der Waals surface area contributed by atoms with Crippen LogP contribution < -0.4 is 5.32 Å². The Morgan fingerprint density at radius 1 is 1.25 bits per heavy atom. The molecule has 24 heavy (non-hydrogen) atoms. The maximum atomic E-state index is 10.6. The van der Waals surface area contributed by atoms with Gasteiger partial charge in [0.15, 0.2) is 0 Å². The van der Waals surface area contributed by atoms with Crippen LogP contribution in [0.15, 0.2) is 36.5 Å². The van der Waals surface area contributed by atoms with Crippen LogP contribution in [-0.4, -0.2) is 27.4 Å². The van der Waals surface area contributed by atoms with Crippen molar-refractivity contribution in [2.24, 2.45) is 0 Å². The highest BCUT2D eigenvalue weighted by Gasteiger charge is 2.22. The Morgan fingerprint density at radius 3 is 2.71 bits per heavy atom. The molecule has 128 valence electrons. The molecular formula is C19H25N3O2. The molecule has 1 heterocycles. The van der Waals surface area contributed by atoms with Crippen LogP contribution >= 0.6 is 0 Å². The molecule has 2 N–H and O–H groups in total. The molecule has 1 aromatic heterocycles. The van der Waals surface area contributed by atoms with Crippen molar-refractivity contribution in [1.29, 1.82) is 0 Å². The number of benzene rings is 1. The van der Waals surface area contributed by atoms with Gasteiger partial charge in [-0.2, -0.15) is 5.10 Å². The second kappa shape index (κ2) is 8.11. The summed E-state index contributed by atoms with van der Waals surface area (Å²) < 4.78 is 2.20. The standard InChI is InChI=1S/C19H25N3O2/c23-18(24)11-6-12-20-13-16-14-21-22(17-9-4-5-10-17)19(16)15-7-2-1-3-8-15/h1-3,7-8,14,17,20H,4-6,9-13H2,(H,23,24). The van der Waals surface area contributed by atoms with Gasteiger partial charge in [-0.15, -0.1) is 0 Å². The Labute approximate surface area is 142 Å². The van der Waals surface area contributed by atoms with Crippen molar-refractivity contribution in [3.63, 3.8) is 0 Å². The Bertz CT molecular complexity index is 661. The molecule has 0 unspecified atom stereocenters. The zero-order valence-electron chi connectivity index (χ0n) is 13.9. The van der Waals surface area contributed by atoms with E-state index in [4.69, 9.17) is 5.11 Å². The predicted molar refractivity (Wildman–Crippen MR) is 93.7 cm³/mol. The Kier molecular flexibility index (Phi) is 5.64. The zero-order valence-corrected chi connectivity index (χ0v) is 13.9. The highest BCUT2D eigenvalue weighted by molar-refractivity contribution is 5.66. The van der Waals surface area contributed by atoms with Crippen molar-refractivity contribution in [2.45, 2.75) is 51.1 Å². The fourth-order valence-electron chi connectivity index (χ4n) is 3.45. The maximum absolute atomic E-state index is 10.6. The number of carboxylic acid groups (broad SMARTS) is 1. The summed E-state index contributed by atoms with van der Waals surface area (Å²) in [6, 6.07) is 10.9. The molecule has 0 aliphatic heterocycles.